The molecule has 138 valence electrons. The normalized spacial score (nSPS) is 16.4. The standard InChI is InChI=1S/C20H29NO4/c1-14(17-7-6-16(23-4)13-18(17)24-5)12-19(22)25-20(2,3)15-8-10-21-11-9-15/h6-7,12-13,15,21H,8-11H2,1-5H3/b14-12+. The van der Waals surface area contributed by atoms with Gasteiger partial charge in [-0.15, -0.1) is 0 Å². The molecule has 0 spiro atoms. The molecule has 0 aliphatic carbocycles. The molecule has 2 rings (SSSR count). The van der Waals surface area contributed by atoms with E-state index in [0.29, 0.717) is 17.4 Å². The fourth-order valence-electron chi connectivity index (χ4n) is 3.27. The SMILES string of the molecule is COc1ccc(/C(C)=C/C(=O)OC(C)(C)C2CCNCC2)c(OC)c1. The number of benzene rings is 1. The molecule has 5 heteroatoms. The van der Waals surface area contributed by atoms with Gasteiger partial charge < -0.3 is 19.5 Å². The molecule has 0 radical (unpaired) electrons. The molecular formula is C20H29NO4. The van der Waals surface area contributed by atoms with E-state index in [1.54, 1.807) is 20.3 Å². The van der Waals surface area contributed by atoms with Crippen LogP contribution in [0.4, 0.5) is 0 Å². The molecule has 0 unspecified atom stereocenters. The van der Waals surface area contributed by atoms with Gasteiger partial charge >= 0.3 is 5.97 Å². The summed E-state index contributed by atoms with van der Waals surface area (Å²) in [6.07, 6.45) is 3.58. The molecule has 5 nitrogen and oxygen atoms in total. The zero-order chi connectivity index (χ0) is 18.4. The minimum atomic E-state index is -0.472. The molecule has 0 amide bonds. The predicted octanol–water partition coefficient (Wildman–Crippen LogP) is 3.43. The molecule has 1 aromatic rings. The number of nitrogens with one attached hydrogen (secondary N) is 1. The Morgan fingerprint density at radius 2 is 1.88 bits per heavy atom. The van der Waals surface area contributed by atoms with Crippen LogP contribution >= 0.6 is 0 Å². The summed E-state index contributed by atoms with van der Waals surface area (Å²) in [4.78, 5) is 12.4. The summed E-state index contributed by atoms with van der Waals surface area (Å²) in [6.45, 7) is 7.83. The maximum Gasteiger partial charge on any atom is 0.331 e. The van der Waals surface area contributed by atoms with Gasteiger partial charge in [-0.25, -0.2) is 4.79 Å². The Balaban J connectivity index is 2.12. The van der Waals surface area contributed by atoms with E-state index in [1.165, 1.54) is 6.08 Å². The number of rotatable bonds is 6. The summed E-state index contributed by atoms with van der Waals surface area (Å²) in [7, 11) is 3.21. The molecule has 1 aromatic carbocycles. The van der Waals surface area contributed by atoms with Crippen molar-refractivity contribution < 1.29 is 19.0 Å². The molecule has 0 aromatic heterocycles. The molecule has 25 heavy (non-hydrogen) atoms. The van der Waals surface area contributed by atoms with E-state index in [9.17, 15) is 4.79 Å². The lowest BCUT2D eigenvalue weighted by atomic mass is 9.83. The predicted molar refractivity (Wildman–Crippen MR) is 99.0 cm³/mol. The highest BCUT2D eigenvalue weighted by molar-refractivity contribution is 5.92. The molecule has 1 N–H and O–H groups in total. The highest BCUT2D eigenvalue weighted by Gasteiger charge is 2.33. The van der Waals surface area contributed by atoms with E-state index in [4.69, 9.17) is 14.2 Å². The van der Waals surface area contributed by atoms with Gasteiger partial charge in [0, 0.05) is 23.6 Å². The first-order chi connectivity index (χ1) is 11.9. The first-order valence-corrected chi connectivity index (χ1v) is 8.71. The van der Waals surface area contributed by atoms with E-state index < -0.39 is 5.60 Å². The Kier molecular flexibility index (Phi) is 6.48. The first kappa shape index (κ1) is 19.3. The lowest BCUT2D eigenvalue weighted by molar-refractivity contribution is -0.156. The molecule has 1 heterocycles. The minimum absolute atomic E-state index is 0.320. The molecule has 1 saturated heterocycles. The van der Waals surface area contributed by atoms with E-state index in [2.05, 4.69) is 5.32 Å². The molecule has 0 saturated carbocycles. The Labute approximate surface area is 150 Å². The van der Waals surface area contributed by atoms with Crippen molar-refractivity contribution in [3.63, 3.8) is 0 Å². The fourth-order valence-corrected chi connectivity index (χ4v) is 3.27. The van der Waals surface area contributed by atoms with Crippen LogP contribution in [0.2, 0.25) is 0 Å². The van der Waals surface area contributed by atoms with E-state index in [0.717, 1.165) is 37.1 Å². The third kappa shape index (κ3) is 4.98. The number of methoxy groups -OCH3 is 2. The summed E-state index contributed by atoms with van der Waals surface area (Å²) in [5, 5.41) is 3.34. The van der Waals surface area contributed by atoms with Gasteiger partial charge in [-0.3, -0.25) is 0 Å². The zero-order valence-corrected chi connectivity index (χ0v) is 15.8. The van der Waals surface area contributed by atoms with Crippen molar-refractivity contribution in [3.05, 3.63) is 29.8 Å². The fraction of sp³-hybridized carbons (Fsp3) is 0.550. The van der Waals surface area contributed by atoms with Crippen LogP contribution in [-0.2, 0) is 9.53 Å². The number of piperidine rings is 1. The Morgan fingerprint density at radius 3 is 2.48 bits per heavy atom. The lowest BCUT2D eigenvalue weighted by Crippen LogP contribution is -2.42. The topological polar surface area (TPSA) is 56.8 Å². The highest BCUT2D eigenvalue weighted by atomic mass is 16.6. The Morgan fingerprint density at radius 1 is 1.20 bits per heavy atom. The average Bonchev–Trinajstić information content (AvgIpc) is 2.61. The second-order valence-electron chi connectivity index (χ2n) is 6.94. The smallest absolute Gasteiger partial charge is 0.331 e. The third-order valence-corrected chi connectivity index (χ3v) is 4.85. The number of ether oxygens (including phenoxy) is 3. The number of esters is 1. The maximum absolute atomic E-state index is 12.4. The number of hydrogen-bond donors (Lipinski definition) is 1. The molecule has 1 fully saturated rings. The van der Waals surface area contributed by atoms with E-state index >= 15 is 0 Å². The van der Waals surface area contributed by atoms with Crippen LogP contribution in [-0.4, -0.2) is 38.9 Å². The van der Waals surface area contributed by atoms with Crippen molar-refractivity contribution in [3.8, 4) is 11.5 Å². The van der Waals surface area contributed by atoms with Crippen LogP contribution in [0.5, 0.6) is 11.5 Å². The third-order valence-electron chi connectivity index (χ3n) is 4.85. The second-order valence-corrected chi connectivity index (χ2v) is 6.94. The first-order valence-electron chi connectivity index (χ1n) is 8.71. The van der Waals surface area contributed by atoms with Gasteiger partial charge in [0.1, 0.15) is 17.1 Å². The van der Waals surface area contributed by atoms with E-state index in [1.807, 2.05) is 32.9 Å². The van der Waals surface area contributed by atoms with Crippen molar-refractivity contribution in [2.45, 2.75) is 39.2 Å². The molecule has 1 aliphatic rings. The van der Waals surface area contributed by atoms with Gasteiger partial charge in [0.15, 0.2) is 0 Å². The summed E-state index contributed by atoms with van der Waals surface area (Å²) < 4.78 is 16.4. The van der Waals surface area contributed by atoms with Crippen LogP contribution < -0.4 is 14.8 Å². The molecule has 0 bridgehead atoms. The monoisotopic (exact) mass is 347 g/mol. The molecule has 1 aliphatic heterocycles. The second kappa shape index (κ2) is 8.39. The zero-order valence-electron chi connectivity index (χ0n) is 15.8. The number of carbonyl (C=O) groups is 1. The van der Waals surface area contributed by atoms with Gasteiger partial charge in [-0.1, -0.05) is 0 Å². The summed E-state index contributed by atoms with van der Waals surface area (Å²) >= 11 is 0. The van der Waals surface area contributed by atoms with Gasteiger partial charge in [0.2, 0.25) is 0 Å². The molecule has 0 atom stereocenters. The molecular weight excluding hydrogens is 318 g/mol. The van der Waals surface area contributed by atoms with Crippen LogP contribution in [0.3, 0.4) is 0 Å². The lowest BCUT2D eigenvalue weighted by Gasteiger charge is -2.36. The van der Waals surface area contributed by atoms with Crippen molar-refractivity contribution >= 4 is 11.5 Å². The van der Waals surface area contributed by atoms with Crippen molar-refractivity contribution in [1.82, 2.24) is 5.32 Å². The van der Waals surface area contributed by atoms with Gasteiger partial charge in [0.05, 0.1) is 14.2 Å². The van der Waals surface area contributed by atoms with Crippen molar-refractivity contribution in [2.75, 3.05) is 27.3 Å². The summed E-state index contributed by atoms with van der Waals surface area (Å²) in [5.41, 5.74) is 1.17. The van der Waals surface area contributed by atoms with Crippen LogP contribution in [0.1, 0.15) is 39.2 Å². The van der Waals surface area contributed by atoms with Gasteiger partial charge in [-0.2, -0.15) is 0 Å². The van der Waals surface area contributed by atoms with Gasteiger partial charge in [0.25, 0.3) is 0 Å². The van der Waals surface area contributed by atoms with E-state index in [-0.39, 0.29) is 5.97 Å². The Hall–Kier alpha value is -2.01. The van der Waals surface area contributed by atoms with Crippen molar-refractivity contribution in [1.29, 1.82) is 0 Å². The number of carbonyl (C=O) groups excluding carboxylic acids is 1. The minimum Gasteiger partial charge on any atom is -0.497 e. The average molecular weight is 347 g/mol. The summed E-state index contributed by atoms with van der Waals surface area (Å²) in [5.74, 6) is 1.43. The highest BCUT2D eigenvalue weighted by Crippen LogP contribution is 2.32. The maximum atomic E-state index is 12.4. The van der Waals surface area contributed by atoms with Crippen LogP contribution in [0, 0.1) is 5.92 Å². The summed E-state index contributed by atoms with van der Waals surface area (Å²) in [6, 6.07) is 5.53. The Bertz CT molecular complexity index is 631. The number of allylic oxidation sites excluding steroid dienone is 1. The van der Waals surface area contributed by atoms with Crippen LogP contribution in [0.25, 0.3) is 5.57 Å². The largest absolute Gasteiger partial charge is 0.497 e. The number of hydrogen-bond acceptors (Lipinski definition) is 5. The van der Waals surface area contributed by atoms with Gasteiger partial charge in [-0.05, 0) is 64.4 Å². The van der Waals surface area contributed by atoms with Crippen molar-refractivity contribution in [2.24, 2.45) is 5.92 Å². The van der Waals surface area contributed by atoms with Crippen LogP contribution in [0.15, 0.2) is 24.3 Å². The quantitative estimate of drug-likeness (QED) is 0.631.